The molecule has 1 aromatic heterocycles. The smallest absolute Gasteiger partial charge is 0.165 e. The molecule has 0 saturated carbocycles. The minimum Gasteiger partial charge on any atom is -0.496 e. The average Bonchev–Trinajstić information content (AvgIpc) is 3.18. The normalized spacial score (nSPS) is 15.5. The molecule has 1 fully saturated rings. The molecule has 0 N–H and O–H groups in total. The van der Waals surface area contributed by atoms with Gasteiger partial charge < -0.3 is 14.2 Å². The van der Waals surface area contributed by atoms with Crippen molar-refractivity contribution >= 4 is 16.7 Å². The number of ether oxygens (including phenoxy) is 1. The summed E-state index contributed by atoms with van der Waals surface area (Å²) in [7, 11) is 1.76. The highest BCUT2D eigenvalue weighted by molar-refractivity contribution is 6.08. The van der Waals surface area contributed by atoms with Crippen molar-refractivity contribution in [3.63, 3.8) is 0 Å². The van der Waals surface area contributed by atoms with Crippen LogP contribution in [0.25, 0.3) is 10.9 Å². The molecule has 4 heteroatoms. The summed E-state index contributed by atoms with van der Waals surface area (Å²) >= 11 is 0. The second kappa shape index (κ2) is 10.4. The molecule has 170 valence electrons. The molecule has 2 aromatic carbocycles. The molecule has 1 saturated heterocycles. The minimum atomic E-state index is 0.258. The first-order valence-corrected chi connectivity index (χ1v) is 12.0. The van der Waals surface area contributed by atoms with Gasteiger partial charge in [0, 0.05) is 35.6 Å². The van der Waals surface area contributed by atoms with Gasteiger partial charge in [-0.15, -0.1) is 0 Å². The van der Waals surface area contributed by atoms with Crippen LogP contribution in [0.2, 0.25) is 0 Å². The highest BCUT2D eigenvalue weighted by Crippen LogP contribution is 2.34. The van der Waals surface area contributed by atoms with Crippen LogP contribution in [-0.2, 0) is 6.54 Å². The Hall–Kier alpha value is -2.59. The van der Waals surface area contributed by atoms with Crippen molar-refractivity contribution in [1.29, 1.82) is 0 Å². The molecule has 32 heavy (non-hydrogen) atoms. The van der Waals surface area contributed by atoms with E-state index in [0.717, 1.165) is 49.3 Å². The number of ketones is 1. The summed E-state index contributed by atoms with van der Waals surface area (Å²) in [5, 5.41) is 1.09. The SMILES string of the molecule is COc1ccccc1C1CCN(CCCn2cc(C(=O)CC(C)C)c3ccccc32)CC1. The van der Waals surface area contributed by atoms with E-state index in [1.807, 2.05) is 12.1 Å². The predicted molar refractivity (Wildman–Crippen MR) is 132 cm³/mol. The highest BCUT2D eigenvalue weighted by atomic mass is 16.5. The van der Waals surface area contributed by atoms with Crippen molar-refractivity contribution in [3.8, 4) is 5.75 Å². The number of aromatic nitrogens is 1. The Bertz CT molecular complexity index is 1040. The molecular formula is C28H36N2O2. The number of likely N-dealkylation sites (tertiary alicyclic amines) is 1. The molecule has 2 heterocycles. The van der Waals surface area contributed by atoms with Gasteiger partial charge >= 0.3 is 0 Å². The maximum Gasteiger partial charge on any atom is 0.165 e. The zero-order valence-electron chi connectivity index (χ0n) is 19.7. The fraction of sp³-hybridized carbons (Fsp3) is 0.464. The highest BCUT2D eigenvalue weighted by Gasteiger charge is 2.23. The van der Waals surface area contributed by atoms with Crippen LogP contribution in [0.5, 0.6) is 5.75 Å². The van der Waals surface area contributed by atoms with E-state index in [0.29, 0.717) is 18.3 Å². The number of methoxy groups -OCH3 is 1. The van der Waals surface area contributed by atoms with Gasteiger partial charge in [0.2, 0.25) is 0 Å². The quantitative estimate of drug-likeness (QED) is 0.380. The maximum absolute atomic E-state index is 12.8. The zero-order valence-corrected chi connectivity index (χ0v) is 19.7. The summed E-state index contributed by atoms with van der Waals surface area (Å²) in [6.07, 6.45) is 6.15. The van der Waals surface area contributed by atoms with Gasteiger partial charge in [-0.05, 0) is 68.4 Å². The standard InChI is InChI=1S/C28H36N2O2/c1-21(2)19-27(31)25-20-30(26-11-6-4-10-24(25)26)16-8-15-29-17-13-22(14-18-29)23-9-5-7-12-28(23)32-3/h4-7,9-12,20-22H,8,13-19H2,1-3H3. The van der Waals surface area contributed by atoms with E-state index in [1.165, 1.54) is 23.9 Å². The Kier molecular flexibility index (Phi) is 7.31. The molecule has 0 amide bonds. The topological polar surface area (TPSA) is 34.5 Å². The summed E-state index contributed by atoms with van der Waals surface area (Å²) in [4.78, 5) is 15.4. The molecule has 0 atom stereocenters. The molecule has 1 aliphatic rings. The van der Waals surface area contributed by atoms with E-state index in [9.17, 15) is 4.79 Å². The first kappa shape index (κ1) is 22.6. The van der Waals surface area contributed by atoms with Crippen molar-refractivity contribution in [2.24, 2.45) is 5.92 Å². The molecule has 0 bridgehead atoms. The van der Waals surface area contributed by atoms with Gasteiger partial charge in [0.15, 0.2) is 5.78 Å². The average molecular weight is 433 g/mol. The van der Waals surface area contributed by atoms with Gasteiger partial charge in [-0.2, -0.15) is 0 Å². The molecule has 0 unspecified atom stereocenters. The minimum absolute atomic E-state index is 0.258. The summed E-state index contributed by atoms with van der Waals surface area (Å²) in [5.74, 6) is 2.25. The van der Waals surface area contributed by atoms with Crippen molar-refractivity contribution in [2.45, 2.75) is 52.0 Å². The number of hydrogen-bond donors (Lipinski definition) is 0. The van der Waals surface area contributed by atoms with Gasteiger partial charge in [-0.3, -0.25) is 4.79 Å². The van der Waals surface area contributed by atoms with Crippen molar-refractivity contribution in [1.82, 2.24) is 9.47 Å². The molecule has 0 aliphatic carbocycles. The van der Waals surface area contributed by atoms with Crippen LogP contribution in [0.4, 0.5) is 0 Å². The fourth-order valence-corrected chi connectivity index (χ4v) is 5.07. The first-order chi connectivity index (χ1) is 15.6. The van der Waals surface area contributed by atoms with Crippen LogP contribution in [0, 0.1) is 5.92 Å². The third-order valence-corrected chi connectivity index (χ3v) is 6.72. The Morgan fingerprint density at radius 3 is 2.50 bits per heavy atom. The van der Waals surface area contributed by atoms with Crippen LogP contribution in [0.3, 0.4) is 0 Å². The second-order valence-electron chi connectivity index (χ2n) is 9.49. The number of carbonyl (C=O) groups excluding carboxylic acids is 1. The maximum atomic E-state index is 12.8. The van der Waals surface area contributed by atoms with Crippen LogP contribution in [0.1, 0.15) is 61.4 Å². The summed E-state index contributed by atoms with van der Waals surface area (Å²) in [6.45, 7) is 8.52. The van der Waals surface area contributed by atoms with Gasteiger partial charge in [0.25, 0.3) is 0 Å². The first-order valence-electron chi connectivity index (χ1n) is 12.0. The van der Waals surface area contributed by atoms with E-state index in [2.05, 4.69) is 65.9 Å². The number of hydrogen-bond acceptors (Lipinski definition) is 3. The molecular weight excluding hydrogens is 396 g/mol. The van der Waals surface area contributed by atoms with Gasteiger partial charge in [0.05, 0.1) is 7.11 Å². The lowest BCUT2D eigenvalue weighted by atomic mass is 9.89. The lowest BCUT2D eigenvalue weighted by Crippen LogP contribution is -2.34. The lowest BCUT2D eigenvalue weighted by Gasteiger charge is -2.32. The molecule has 0 spiro atoms. The van der Waals surface area contributed by atoms with E-state index in [4.69, 9.17) is 4.74 Å². The largest absolute Gasteiger partial charge is 0.496 e. The summed E-state index contributed by atoms with van der Waals surface area (Å²) < 4.78 is 7.86. The molecule has 0 radical (unpaired) electrons. The Labute approximate surface area is 192 Å². The van der Waals surface area contributed by atoms with Crippen LogP contribution >= 0.6 is 0 Å². The molecule has 4 rings (SSSR count). The van der Waals surface area contributed by atoms with E-state index >= 15 is 0 Å². The van der Waals surface area contributed by atoms with Crippen LogP contribution < -0.4 is 4.74 Å². The third kappa shape index (κ3) is 5.07. The number of fused-ring (bicyclic) bond motifs is 1. The number of aryl methyl sites for hydroxylation is 1. The van der Waals surface area contributed by atoms with Gasteiger partial charge in [-0.25, -0.2) is 0 Å². The predicted octanol–water partition coefficient (Wildman–Crippen LogP) is 6.15. The number of carbonyl (C=O) groups is 1. The third-order valence-electron chi connectivity index (χ3n) is 6.72. The monoisotopic (exact) mass is 432 g/mol. The van der Waals surface area contributed by atoms with E-state index in [1.54, 1.807) is 7.11 Å². The van der Waals surface area contributed by atoms with Gasteiger partial charge in [-0.1, -0.05) is 50.2 Å². The fourth-order valence-electron chi connectivity index (χ4n) is 5.07. The number of benzene rings is 2. The number of nitrogens with zero attached hydrogens (tertiary/aromatic N) is 2. The molecule has 3 aromatic rings. The van der Waals surface area contributed by atoms with Crippen LogP contribution in [0.15, 0.2) is 54.7 Å². The van der Waals surface area contributed by atoms with Crippen LogP contribution in [-0.4, -0.2) is 42.0 Å². The van der Waals surface area contributed by atoms with Gasteiger partial charge in [0.1, 0.15) is 5.75 Å². The number of Topliss-reactive ketones (excluding diaryl/α,β-unsaturated/α-hetero) is 1. The molecule has 1 aliphatic heterocycles. The van der Waals surface area contributed by atoms with E-state index < -0.39 is 0 Å². The lowest BCUT2D eigenvalue weighted by molar-refractivity contribution is 0.0969. The van der Waals surface area contributed by atoms with Crippen molar-refractivity contribution in [3.05, 3.63) is 65.9 Å². The number of rotatable bonds is 9. The summed E-state index contributed by atoms with van der Waals surface area (Å²) in [5.41, 5.74) is 3.41. The Morgan fingerprint density at radius 1 is 1.03 bits per heavy atom. The number of piperidine rings is 1. The Balaban J connectivity index is 1.34. The number of para-hydroxylation sites is 2. The zero-order chi connectivity index (χ0) is 22.5. The Morgan fingerprint density at radius 2 is 1.75 bits per heavy atom. The van der Waals surface area contributed by atoms with Crippen molar-refractivity contribution < 1.29 is 9.53 Å². The second-order valence-corrected chi connectivity index (χ2v) is 9.49. The van der Waals surface area contributed by atoms with Crippen molar-refractivity contribution in [2.75, 3.05) is 26.7 Å². The summed E-state index contributed by atoms with van der Waals surface area (Å²) in [6, 6.07) is 16.8. The molecule has 4 nitrogen and oxygen atoms in total. The van der Waals surface area contributed by atoms with E-state index in [-0.39, 0.29) is 5.78 Å².